The molecule has 8 nitrogen and oxygen atoms in total. The number of sulfonamides is 1. The number of pyridine rings is 1. The number of ether oxygens (including phenoxy) is 1. The van der Waals surface area contributed by atoms with Crippen molar-refractivity contribution in [3.05, 3.63) is 84.6 Å². The van der Waals surface area contributed by atoms with Gasteiger partial charge < -0.3 is 15.4 Å². The van der Waals surface area contributed by atoms with E-state index in [2.05, 4.69) is 4.98 Å². The number of hydrogen-bond donors (Lipinski definition) is 2. The van der Waals surface area contributed by atoms with E-state index in [0.29, 0.717) is 41.4 Å². The molecule has 0 bridgehead atoms. The molecule has 9 heteroatoms. The van der Waals surface area contributed by atoms with Crippen molar-refractivity contribution in [2.24, 2.45) is 5.14 Å². The SMILES string of the molecule is Nc1nccc2ccc(OC[C@@H]3CCCN3C(=O)c3ccc(-c4ccccc4S(N)(=O)=O)cc3)cc12. The van der Waals surface area contributed by atoms with Crippen LogP contribution in [0.1, 0.15) is 23.2 Å². The summed E-state index contributed by atoms with van der Waals surface area (Å²) >= 11 is 0. The molecule has 1 aromatic heterocycles. The Kier molecular flexibility index (Phi) is 6.34. The number of aromatic nitrogens is 1. The zero-order valence-electron chi connectivity index (χ0n) is 19.5. The Balaban J connectivity index is 1.30. The van der Waals surface area contributed by atoms with Crippen LogP contribution >= 0.6 is 0 Å². The fourth-order valence-electron chi connectivity index (χ4n) is 4.64. The van der Waals surface area contributed by atoms with Gasteiger partial charge in [0.1, 0.15) is 18.2 Å². The number of anilines is 1. The summed E-state index contributed by atoms with van der Waals surface area (Å²) in [6, 6.07) is 21.0. The molecule has 1 fully saturated rings. The molecule has 184 valence electrons. The lowest BCUT2D eigenvalue weighted by Gasteiger charge is -2.25. The molecular formula is C27H26N4O4S. The highest BCUT2D eigenvalue weighted by Gasteiger charge is 2.30. The summed E-state index contributed by atoms with van der Waals surface area (Å²) in [4.78, 5) is 19.3. The molecule has 36 heavy (non-hydrogen) atoms. The summed E-state index contributed by atoms with van der Waals surface area (Å²) in [6.45, 7) is 1.02. The average Bonchev–Trinajstić information content (AvgIpc) is 3.36. The number of primary sulfonamides is 1. The number of rotatable bonds is 6. The lowest BCUT2D eigenvalue weighted by molar-refractivity contribution is 0.0691. The molecule has 1 amide bonds. The van der Waals surface area contributed by atoms with Crippen LogP contribution in [0.3, 0.4) is 0 Å². The minimum absolute atomic E-state index is 0.0482. The molecule has 4 aromatic rings. The zero-order valence-corrected chi connectivity index (χ0v) is 20.3. The number of nitrogens with zero attached hydrogens (tertiary/aromatic N) is 2. The molecule has 0 radical (unpaired) electrons. The third kappa shape index (κ3) is 4.75. The molecule has 0 saturated carbocycles. The lowest BCUT2D eigenvalue weighted by atomic mass is 10.0. The number of nitrogens with two attached hydrogens (primary N) is 2. The van der Waals surface area contributed by atoms with Gasteiger partial charge in [-0.3, -0.25) is 4.79 Å². The van der Waals surface area contributed by atoms with Crippen molar-refractivity contribution in [2.75, 3.05) is 18.9 Å². The molecule has 1 aliphatic heterocycles. The summed E-state index contributed by atoms with van der Waals surface area (Å²) in [6.07, 6.45) is 3.42. The van der Waals surface area contributed by atoms with Gasteiger partial charge in [-0.1, -0.05) is 36.4 Å². The highest BCUT2D eigenvalue weighted by Crippen LogP contribution is 2.29. The topological polar surface area (TPSA) is 129 Å². The molecule has 5 rings (SSSR count). The third-order valence-electron chi connectivity index (χ3n) is 6.49. The Morgan fingerprint density at radius 3 is 2.61 bits per heavy atom. The molecule has 3 aromatic carbocycles. The first-order valence-corrected chi connectivity index (χ1v) is 13.2. The van der Waals surface area contributed by atoms with Crippen LogP contribution in [0.25, 0.3) is 21.9 Å². The maximum absolute atomic E-state index is 13.3. The number of hydrogen-bond acceptors (Lipinski definition) is 6. The van der Waals surface area contributed by atoms with Gasteiger partial charge in [0, 0.05) is 29.3 Å². The first kappa shape index (κ1) is 23.8. The second-order valence-corrected chi connectivity index (χ2v) is 10.3. The predicted octanol–water partition coefficient (Wildman–Crippen LogP) is 3.82. The van der Waals surface area contributed by atoms with Crippen LogP contribution in [0.2, 0.25) is 0 Å². The maximum atomic E-state index is 13.3. The van der Waals surface area contributed by atoms with Crippen LogP contribution in [0, 0.1) is 0 Å². The Morgan fingerprint density at radius 1 is 1.06 bits per heavy atom. The van der Waals surface area contributed by atoms with Crippen molar-refractivity contribution < 1.29 is 17.9 Å². The van der Waals surface area contributed by atoms with Crippen molar-refractivity contribution in [2.45, 2.75) is 23.8 Å². The molecule has 4 N–H and O–H groups in total. The lowest BCUT2D eigenvalue weighted by Crippen LogP contribution is -2.39. The van der Waals surface area contributed by atoms with Gasteiger partial charge in [-0.2, -0.15) is 0 Å². The molecular weight excluding hydrogens is 476 g/mol. The quantitative estimate of drug-likeness (QED) is 0.412. The Hall–Kier alpha value is -3.95. The standard InChI is InChI=1S/C27H26N4O4S/c28-26-24-16-22(12-11-19(24)13-14-30-26)35-17-21-4-3-15-31(21)27(32)20-9-7-18(8-10-20)23-5-1-2-6-25(23)36(29,33)34/h1-2,5-14,16,21H,3-4,15,17H2,(H2,28,30)(H2,29,33,34)/t21-/m0/s1. The van der Waals surface area contributed by atoms with Gasteiger partial charge in [0.2, 0.25) is 10.0 Å². The number of likely N-dealkylation sites (tertiary alicyclic amines) is 1. The Bertz CT molecular complexity index is 1540. The van der Waals surface area contributed by atoms with E-state index < -0.39 is 10.0 Å². The van der Waals surface area contributed by atoms with E-state index >= 15 is 0 Å². The number of carbonyl (C=O) groups excluding carboxylic acids is 1. The minimum Gasteiger partial charge on any atom is -0.491 e. The number of benzene rings is 3. The van der Waals surface area contributed by atoms with Gasteiger partial charge in [0.15, 0.2) is 0 Å². The van der Waals surface area contributed by atoms with Crippen LogP contribution < -0.4 is 15.6 Å². The number of carbonyl (C=O) groups is 1. The molecule has 0 unspecified atom stereocenters. The van der Waals surface area contributed by atoms with E-state index in [-0.39, 0.29) is 16.8 Å². The number of amides is 1. The van der Waals surface area contributed by atoms with Gasteiger partial charge in [0.05, 0.1) is 10.9 Å². The second-order valence-electron chi connectivity index (χ2n) is 8.80. The van der Waals surface area contributed by atoms with E-state index in [4.69, 9.17) is 15.6 Å². The van der Waals surface area contributed by atoms with Gasteiger partial charge in [0.25, 0.3) is 5.91 Å². The first-order valence-electron chi connectivity index (χ1n) is 11.6. The highest BCUT2D eigenvalue weighted by molar-refractivity contribution is 7.89. The highest BCUT2D eigenvalue weighted by atomic mass is 32.2. The van der Waals surface area contributed by atoms with Crippen molar-refractivity contribution in [3.8, 4) is 16.9 Å². The summed E-state index contributed by atoms with van der Waals surface area (Å²) < 4.78 is 30.0. The van der Waals surface area contributed by atoms with Crippen molar-refractivity contribution in [3.63, 3.8) is 0 Å². The summed E-state index contributed by atoms with van der Waals surface area (Å²) in [5.74, 6) is 1.05. The van der Waals surface area contributed by atoms with Gasteiger partial charge in [-0.05, 0) is 60.2 Å². The van der Waals surface area contributed by atoms with Crippen LogP contribution in [-0.4, -0.2) is 43.4 Å². The van der Waals surface area contributed by atoms with Gasteiger partial charge >= 0.3 is 0 Å². The van der Waals surface area contributed by atoms with Crippen LogP contribution in [-0.2, 0) is 10.0 Å². The van der Waals surface area contributed by atoms with E-state index in [1.807, 2.05) is 29.2 Å². The predicted molar refractivity (Wildman–Crippen MR) is 139 cm³/mol. The molecule has 0 spiro atoms. The summed E-state index contributed by atoms with van der Waals surface area (Å²) in [5, 5.41) is 7.19. The summed E-state index contributed by atoms with van der Waals surface area (Å²) in [5.41, 5.74) is 7.69. The fourth-order valence-corrected chi connectivity index (χ4v) is 5.40. The third-order valence-corrected chi connectivity index (χ3v) is 7.45. The first-order chi connectivity index (χ1) is 17.3. The largest absolute Gasteiger partial charge is 0.491 e. The molecule has 2 heterocycles. The van der Waals surface area contributed by atoms with Crippen molar-refractivity contribution in [1.29, 1.82) is 0 Å². The molecule has 1 saturated heterocycles. The van der Waals surface area contributed by atoms with E-state index in [1.54, 1.807) is 48.7 Å². The Morgan fingerprint density at radius 2 is 1.83 bits per heavy atom. The maximum Gasteiger partial charge on any atom is 0.254 e. The second kappa shape index (κ2) is 9.60. The molecule has 1 atom stereocenters. The van der Waals surface area contributed by atoms with Gasteiger partial charge in [-0.25, -0.2) is 18.5 Å². The average molecular weight is 503 g/mol. The van der Waals surface area contributed by atoms with Gasteiger partial charge in [-0.15, -0.1) is 0 Å². The van der Waals surface area contributed by atoms with E-state index in [9.17, 15) is 13.2 Å². The number of nitrogen functional groups attached to an aromatic ring is 1. The zero-order chi connectivity index (χ0) is 25.3. The van der Waals surface area contributed by atoms with E-state index in [1.165, 1.54) is 6.07 Å². The van der Waals surface area contributed by atoms with Crippen LogP contribution in [0.15, 0.2) is 83.9 Å². The van der Waals surface area contributed by atoms with E-state index in [0.717, 1.165) is 23.6 Å². The van der Waals surface area contributed by atoms with Crippen LogP contribution in [0.5, 0.6) is 5.75 Å². The summed E-state index contributed by atoms with van der Waals surface area (Å²) in [7, 11) is -3.87. The monoisotopic (exact) mass is 502 g/mol. The van der Waals surface area contributed by atoms with Crippen molar-refractivity contribution >= 4 is 32.5 Å². The van der Waals surface area contributed by atoms with Crippen molar-refractivity contribution in [1.82, 2.24) is 9.88 Å². The molecule has 0 aliphatic carbocycles. The minimum atomic E-state index is -3.87. The van der Waals surface area contributed by atoms with Crippen LogP contribution in [0.4, 0.5) is 5.82 Å². The number of fused-ring (bicyclic) bond motifs is 1. The normalized spacial score (nSPS) is 15.8. The fraction of sp³-hybridized carbons (Fsp3) is 0.185. The smallest absolute Gasteiger partial charge is 0.254 e. The Labute approximate surface area is 209 Å². The molecule has 1 aliphatic rings.